The van der Waals surface area contributed by atoms with Crippen LogP contribution in [0, 0.1) is 0 Å². The number of fused-ring (bicyclic) bond motifs is 3. The Morgan fingerprint density at radius 3 is 1.74 bits per heavy atom. The Bertz CT molecular complexity index is 1870. The molecule has 0 spiro atoms. The molecular weight excluding hydrogens is 506 g/mol. The van der Waals surface area contributed by atoms with Crippen LogP contribution in [0.1, 0.15) is 0 Å². The predicted molar refractivity (Wildman–Crippen MR) is 159 cm³/mol. The first-order chi connectivity index (χ1) is 18.7. The Kier molecular flexibility index (Phi) is 5.69. The van der Waals surface area contributed by atoms with Crippen LogP contribution < -0.4 is 0 Å². The third-order valence-electron chi connectivity index (χ3n) is 6.62. The number of aromatic nitrogens is 3. The number of hydrogen-bond donors (Lipinski definition) is 0. The predicted octanol–water partition coefficient (Wildman–Crippen LogP) is 9.56. The molecule has 0 radical (unpaired) electrons. The fourth-order valence-electron chi connectivity index (χ4n) is 4.81. The fraction of sp³-hybridized carbons (Fsp3) is 0. The van der Waals surface area contributed by atoms with Crippen LogP contribution in [0.2, 0.25) is 5.02 Å². The number of nitrogens with zero attached hydrogens (tertiary/aromatic N) is 3. The molecule has 0 N–H and O–H groups in total. The van der Waals surface area contributed by atoms with Gasteiger partial charge in [-0.1, -0.05) is 103 Å². The molecule has 7 rings (SSSR count). The first-order valence-electron chi connectivity index (χ1n) is 12.3. The SMILES string of the molecule is Clc1ccc(-c2nc(-c3ccccc3)nc(-c3ccccc3)n2)cc1-c1cccc2sc3ccccc3c12. The minimum absolute atomic E-state index is 0.609. The maximum atomic E-state index is 6.84. The first kappa shape index (κ1) is 22.8. The van der Waals surface area contributed by atoms with Crippen molar-refractivity contribution in [1.82, 2.24) is 15.0 Å². The van der Waals surface area contributed by atoms with Gasteiger partial charge in [0.05, 0.1) is 0 Å². The molecule has 0 bridgehead atoms. The summed E-state index contributed by atoms with van der Waals surface area (Å²) in [5.74, 6) is 1.88. The smallest absolute Gasteiger partial charge is 0.164 e. The molecule has 0 fully saturated rings. The second kappa shape index (κ2) is 9.49. The molecule has 3 nitrogen and oxygen atoms in total. The van der Waals surface area contributed by atoms with Crippen molar-refractivity contribution >= 4 is 43.1 Å². The van der Waals surface area contributed by atoms with Crippen molar-refractivity contribution in [3.8, 4) is 45.3 Å². The van der Waals surface area contributed by atoms with Crippen molar-refractivity contribution in [3.63, 3.8) is 0 Å². The van der Waals surface area contributed by atoms with Crippen molar-refractivity contribution < 1.29 is 0 Å². The van der Waals surface area contributed by atoms with Gasteiger partial charge in [-0.15, -0.1) is 11.3 Å². The lowest BCUT2D eigenvalue weighted by Crippen LogP contribution is -2.00. The minimum Gasteiger partial charge on any atom is -0.208 e. The van der Waals surface area contributed by atoms with E-state index < -0.39 is 0 Å². The van der Waals surface area contributed by atoms with Crippen molar-refractivity contribution in [1.29, 1.82) is 0 Å². The monoisotopic (exact) mass is 525 g/mol. The van der Waals surface area contributed by atoms with Gasteiger partial charge in [-0.3, -0.25) is 0 Å². The Balaban J connectivity index is 1.44. The van der Waals surface area contributed by atoms with Crippen LogP contribution in [0.4, 0.5) is 0 Å². The third-order valence-corrected chi connectivity index (χ3v) is 8.08. The second-order valence-electron chi connectivity index (χ2n) is 9.01. The summed E-state index contributed by atoms with van der Waals surface area (Å²) in [5.41, 5.74) is 4.83. The summed E-state index contributed by atoms with van der Waals surface area (Å²) in [6.45, 7) is 0. The minimum atomic E-state index is 0.609. The van der Waals surface area contributed by atoms with Gasteiger partial charge in [0.1, 0.15) is 0 Å². The van der Waals surface area contributed by atoms with Gasteiger partial charge in [0.2, 0.25) is 0 Å². The van der Waals surface area contributed by atoms with Gasteiger partial charge < -0.3 is 0 Å². The second-order valence-corrected chi connectivity index (χ2v) is 10.5. The largest absolute Gasteiger partial charge is 0.208 e. The summed E-state index contributed by atoms with van der Waals surface area (Å²) in [4.78, 5) is 14.6. The van der Waals surface area contributed by atoms with Gasteiger partial charge in [-0.2, -0.15) is 0 Å². The molecule has 2 heterocycles. The molecule has 38 heavy (non-hydrogen) atoms. The Labute approximate surface area is 229 Å². The highest BCUT2D eigenvalue weighted by molar-refractivity contribution is 7.25. The van der Waals surface area contributed by atoms with Gasteiger partial charge in [-0.25, -0.2) is 15.0 Å². The van der Waals surface area contributed by atoms with Gasteiger partial charge >= 0.3 is 0 Å². The molecule has 0 atom stereocenters. The van der Waals surface area contributed by atoms with Gasteiger partial charge in [0.25, 0.3) is 0 Å². The molecule has 0 unspecified atom stereocenters. The van der Waals surface area contributed by atoms with Crippen LogP contribution in [-0.2, 0) is 0 Å². The summed E-state index contributed by atoms with van der Waals surface area (Å²) in [6, 6.07) is 41.0. The zero-order chi connectivity index (χ0) is 25.5. The van der Waals surface area contributed by atoms with Gasteiger partial charge in [0.15, 0.2) is 17.5 Å². The van der Waals surface area contributed by atoms with Gasteiger partial charge in [0, 0.05) is 47.4 Å². The van der Waals surface area contributed by atoms with E-state index in [9.17, 15) is 0 Å². The molecule has 0 aliphatic carbocycles. The Morgan fingerprint density at radius 2 is 1.05 bits per heavy atom. The molecular formula is C33H20ClN3S. The molecule has 0 aliphatic heterocycles. The van der Waals surface area contributed by atoms with Gasteiger partial charge in [-0.05, 0) is 35.9 Å². The van der Waals surface area contributed by atoms with Crippen molar-refractivity contribution in [3.05, 3.63) is 126 Å². The highest BCUT2D eigenvalue weighted by Gasteiger charge is 2.16. The molecule has 0 amide bonds. The van der Waals surface area contributed by atoms with E-state index in [4.69, 9.17) is 26.6 Å². The Morgan fingerprint density at radius 1 is 0.474 bits per heavy atom. The average Bonchev–Trinajstić information content (AvgIpc) is 3.37. The third kappa shape index (κ3) is 4.04. The van der Waals surface area contributed by atoms with Crippen molar-refractivity contribution in [2.24, 2.45) is 0 Å². The lowest BCUT2D eigenvalue weighted by atomic mass is 9.97. The van der Waals surface area contributed by atoms with Crippen LogP contribution in [0.5, 0.6) is 0 Å². The van der Waals surface area contributed by atoms with Crippen LogP contribution in [-0.4, -0.2) is 15.0 Å². The molecule has 5 aromatic carbocycles. The number of rotatable bonds is 4. The summed E-state index contributed by atoms with van der Waals surface area (Å²) < 4.78 is 2.50. The van der Waals surface area contributed by atoms with E-state index in [1.165, 1.54) is 20.2 Å². The quantitative estimate of drug-likeness (QED) is 0.229. The molecule has 2 aromatic heterocycles. The maximum absolute atomic E-state index is 6.84. The van der Waals surface area contributed by atoms with E-state index in [0.717, 1.165) is 27.8 Å². The maximum Gasteiger partial charge on any atom is 0.164 e. The van der Waals surface area contributed by atoms with Crippen molar-refractivity contribution in [2.45, 2.75) is 0 Å². The molecule has 0 aliphatic rings. The lowest BCUT2D eigenvalue weighted by molar-refractivity contribution is 1.07. The van der Waals surface area contributed by atoms with E-state index >= 15 is 0 Å². The summed E-state index contributed by atoms with van der Waals surface area (Å²) in [6.07, 6.45) is 0. The van der Waals surface area contributed by atoms with E-state index in [2.05, 4.69) is 48.5 Å². The van der Waals surface area contributed by atoms with Crippen LogP contribution >= 0.6 is 22.9 Å². The van der Waals surface area contributed by atoms with E-state index in [1.54, 1.807) is 11.3 Å². The summed E-state index contributed by atoms with van der Waals surface area (Å²) in [5, 5.41) is 3.15. The summed E-state index contributed by atoms with van der Waals surface area (Å²) in [7, 11) is 0. The molecule has 7 aromatic rings. The molecule has 180 valence electrons. The zero-order valence-corrected chi connectivity index (χ0v) is 21.7. The topological polar surface area (TPSA) is 38.7 Å². The molecule has 0 saturated heterocycles. The zero-order valence-electron chi connectivity index (χ0n) is 20.2. The number of thiophene rings is 1. The highest BCUT2D eigenvalue weighted by atomic mass is 35.5. The normalized spacial score (nSPS) is 11.3. The van der Waals surface area contributed by atoms with Crippen LogP contribution in [0.3, 0.4) is 0 Å². The van der Waals surface area contributed by atoms with Crippen molar-refractivity contribution in [2.75, 3.05) is 0 Å². The first-order valence-corrected chi connectivity index (χ1v) is 13.5. The van der Waals surface area contributed by atoms with Crippen LogP contribution in [0.25, 0.3) is 65.5 Å². The summed E-state index contributed by atoms with van der Waals surface area (Å²) >= 11 is 8.64. The average molecular weight is 526 g/mol. The lowest BCUT2D eigenvalue weighted by Gasteiger charge is -2.11. The van der Waals surface area contributed by atoms with E-state index in [1.807, 2.05) is 72.8 Å². The molecule has 0 saturated carbocycles. The fourth-order valence-corrected chi connectivity index (χ4v) is 6.16. The van der Waals surface area contributed by atoms with E-state index in [-0.39, 0.29) is 0 Å². The number of benzene rings is 5. The standard InChI is InChI=1S/C33H20ClN3S/c34-27-19-18-23(20-26(27)24-15-9-17-29-30(24)25-14-7-8-16-28(25)38-29)33-36-31(21-10-3-1-4-11-21)35-32(37-33)22-12-5-2-6-13-22/h1-20H. The highest BCUT2D eigenvalue weighted by Crippen LogP contribution is 2.42. The number of halogens is 1. The number of hydrogen-bond acceptors (Lipinski definition) is 4. The van der Waals surface area contributed by atoms with Crippen LogP contribution in [0.15, 0.2) is 121 Å². The Hall–Kier alpha value is -4.38. The molecule has 5 heteroatoms. The van der Waals surface area contributed by atoms with E-state index in [0.29, 0.717) is 22.5 Å².